The summed E-state index contributed by atoms with van der Waals surface area (Å²) in [6.07, 6.45) is 46.6. The van der Waals surface area contributed by atoms with E-state index in [1.165, 1.54) is 236 Å². The van der Waals surface area contributed by atoms with Gasteiger partial charge in [-0.1, -0.05) is 135 Å². The van der Waals surface area contributed by atoms with E-state index in [1.807, 2.05) is 22.3 Å². The van der Waals surface area contributed by atoms with Gasteiger partial charge in [0.25, 0.3) is 0 Å². The van der Waals surface area contributed by atoms with Gasteiger partial charge in [0.1, 0.15) is 23.0 Å². The predicted octanol–water partition coefficient (Wildman–Crippen LogP) is 20.0. The highest BCUT2D eigenvalue weighted by atomic mass is 16.5. The Morgan fingerprint density at radius 2 is 0.586 bits per heavy atom. The van der Waals surface area contributed by atoms with Crippen molar-refractivity contribution < 1.29 is 9.47 Å². The third kappa shape index (κ3) is 10.2. The first-order valence-electron chi connectivity index (χ1n) is 30.0. The SMILES string of the molecule is Nc1ccc(Oc2cc(C3CCCCC3)c(C3(c4c(C5CCCCC5)cc(Oc5ccc(N)cc5)c(C5CCCCC5)c4C4CCCCC4)CCCCC3)c(C3CCCCC3)c2C2CCCCC2)cc1. The third-order valence-corrected chi connectivity index (χ3v) is 19.8. The van der Waals surface area contributed by atoms with Crippen LogP contribution in [0.5, 0.6) is 23.0 Å². The molecule has 4 aromatic rings. The number of rotatable bonds is 12. The Kier molecular flexibility index (Phi) is 15.5. The van der Waals surface area contributed by atoms with Crippen LogP contribution < -0.4 is 20.9 Å². The Hall–Kier alpha value is -3.92. The zero-order chi connectivity index (χ0) is 47.3. The minimum absolute atomic E-state index is 0.0380. The largest absolute Gasteiger partial charge is 0.457 e. The van der Waals surface area contributed by atoms with Gasteiger partial charge < -0.3 is 20.9 Å². The Morgan fingerprint density at radius 1 is 0.314 bits per heavy atom. The summed E-state index contributed by atoms with van der Waals surface area (Å²) in [6.45, 7) is 0. The fourth-order valence-corrected chi connectivity index (χ4v) is 16.5. The molecule has 7 fully saturated rings. The number of hydrogen-bond acceptors (Lipinski definition) is 4. The van der Waals surface area contributed by atoms with Gasteiger partial charge in [-0.3, -0.25) is 0 Å². The van der Waals surface area contributed by atoms with Gasteiger partial charge in [0, 0.05) is 27.9 Å². The Bertz CT molecular complexity index is 2160. The summed E-state index contributed by atoms with van der Waals surface area (Å²) in [4.78, 5) is 0. The van der Waals surface area contributed by atoms with Crippen molar-refractivity contribution in [3.05, 3.63) is 105 Å². The van der Waals surface area contributed by atoms with E-state index in [2.05, 4.69) is 60.7 Å². The molecule has 4 N–H and O–H groups in total. The second-order valence-electron chi connectivity index (χ2n) is 24.3. The summed E-state index contributed by atoms with van der Waals surface area (Å²) in [5, 5.41) is 0. The second kappa shape index (κ2) is 22.5. The first kappa shape index (κ1) is 48.4. The number of benzene rings is 4. The Labute approximate surface area is 424 Å². The Morgan fingerprint density at radius 3 is 0.900 bits per heavy atom. The molecule has 0 atom stereocenters. The van der Waals surface area contributed by atoms with E-state index in [1.54, 1.807) is 22.3 Å². The lowest BCUT2D eigenvalue weighted by Crippen LogP contribution is -2.38. The highest BCUT2D eigenvalue weighted by Gasteiger charge is 2.49. The smallest absolute Gasteiger partial charge is 0.131 e. The molecule has 0 aliphatic heterocycles. The lowest BCUT2D eigenvalue weighted by atomic mass is 9.55. The van der Waals surface area contributed by atoms with Crippen molar-refractivity contribution in [1.82, 2.24) is 0 Å². The van der Waals surface area contributed by atoms with E-state index in [0.717, 1.165) is 22.9 Å². The molecule has 4 heteroatoms. The van der Waals surface area contributed by atoms with Gasteiger partial charge in [-0.05, 0) is 219 Å². The summed E-state index contributed by atoms with van der Waals surface area (Å²) < 4.78 is 15.0. The molecule has 7 saturated carbocycles. The quantitative estimate of drug-likeness (QED) is 0.139. The minimum atomic E-state index is -0.0380. The van der Waals surface area contributed by atoms with Crippen LogP contribution in [0.3, 0.4) is 0 Å². The lowest BCUT2D eigenvalue weighted by molar-refractivity contribution is 0.313. The normalized spacial score (nSPS) is 23.0. The number of nitrogens with two attached hydrogens (primary N) is 2. The molecule has 11 rings (SSSR count). The topological polar surface area (TPSA) is 70.5 Å². The fraction of sp³-hybridized carbons (Fsp3) is 0.636. The average Bonchev–Trinajstić information content (AvgIpc) is 3.43. The van der Waals surface area contributed by atoms with Gasteiger partial charge in [0.05, 0.1) is 0 Å². The van der Waals surface area contributed by atoms with Crippen LogP contribution in [-0.4, -0.2) is 0 Å². The number of nitrogen functional groups attached to an aromatic ring is 2. The molecule has 0 aromatic heterocycles. The van der Waals surface area contributed by atoms with Crippen LogP contribution in [0.15, 0.2) is 60.7 Å². The molecule has 0 spiro atoms. The highest BCUT2D eigenvalue weighted by molar-refractivity contribution is 5.66. The van der Waals surface area contributed by atoms with Gasteiger partial charge in [-0.15, -0.1) is 0 Å². The highest BCUT2D eigenvalue weighted by Crippen LogP contribution is 2.62. The first-order valence-corrected chi connectivity index (χ1v) is 30.0. The molecule has 0 saturated heterocycles. The molecule has 0 radical (unpaired) electrons. The minimum Gasteiger partial charge on any atom is -0.457 e. The van der Waals surface area contributed by atoms with Crippen LogP contribution in [0.4, 0.5) is 11.4 Å². The molecule has 0 heterocycles. The van der Waals surface area contributed by atoms with Gasteiger partial charge in [0.15, 0.2) is 0 Å². The lowest BCUT2D eigenvalue weighted by Gasteiger charge is -2.49. The van der Waals surface area contributed by atoms with E-state index in [4.69, 9.17) is 20.9 Å². The molecule has 376 valence electrons. The molecule has 0 bridgehead atoms. The predicted molar refractivity (Wildman–Crippen MR) is 294 cm³/mol. The molecule has 4 aromatic carbocycles. The second-order valence-corrected chi connectivity index (χ2v) is 24.3. The van der Waals surface area contributed by atoms with E-state index in [0.29, 0.717) is 35.5 Å². The van der Waals surface area contributed by atoms with E-state index >= 15 is 0 Å². The van der Waals surface area contributed by atoms with Crippen molar-refractivity contribution in [3.63, 3.8) is 0 Å². The molecule has 0 unspecified atom stereocenters. The van der Waals surface area contributed by atoms with E-state index < -0.39 is 0 Å². The molecule has 4 nitrogen and oxygen atoms in total. The molecule has 70 heavy (non-hydrogen) atoms. The van der Waals surface area contributed by atoms with Crippen LogP contribution >= 0.6 is 0 Å². The van der Waals surface area contributed by atoms with Gasteiger partial charge in [0.2, 0.25) is 0 Å². The van der Waals surface area contributed by atoms with Crippen molar-refractivity contribution in [2.24, 2.45) is 0 Å². The first-order chi connectivity index (χ1) is 34.5. The maximum absolute atomic E-state index is 7.50. The standard InChI is InChI=1S/C66H90N2O2/c67-52-34-38-54(39-35-52)69-58-44-56(46-22-8-1-9-23-46)64(62(50-30-16-5-17-31-50)60(58)48-26-12-3-13-27-48)66(42-20-7-21-43-66)65-57(47-24-10-2-11-25-47)45-59(70-55-40-36-53(68)37-41-55)61(49-28-14-4-15-29-49)63(65)51-32-18-6-19-33-51/h34-41,44-51H,1-33,42-43,67-68H2. The summed E-state index contributed by atoms with van der Waals surface area (Å²) in [5.41, 5.74) is 28.4. The number of ether oxygens (including phenoxy) is 2. The van der Waals surface area contributed by atoms with Gasteiger partial charge >= 0.3 is 0 Å². The number of hydrogen-bond donors (Lipinski definition) is 2. The summed E-state index contributed by atoms with van der Waals surface area (Å²) in [6, 6.07) is 22.3. The molecule has 0 amide bonds. The maximum atomic E-state index is 7.50. The summed E-state index contributed by atoms with van der Waals surface area (Å²) in [7, 11) is 0. The molecular weight excluding hydrogens is 853 g/mol. The zero-order valence-electron chi connectivity index (χ0n) is 43.5. The Balaban J connectivity index is 1.27. The van der Waals surface area contributed by atoms with Gasteiger partial charge in [-0.25, -0.2) is 0 Å². The van der Waals surface area contributed by atoms with E-state index in [-0.39, 0.29) is 5.41 Å². The third-order valence-electron chi connectivity index (χ3n) is 19.8. The van der Waals surface area contributed by atoms with Crippen molar-refractivity contribution in [3.8, 4) is 23.0 Å². The van der Waals surface area contributed by atoms with Crippen LogP contribution in [0.25, 0.3) is 0 Å². The molecular formula is C66H90N2O2. The monoisotopic (exact) mass is 943 g/mol. The molecule has 7 aliphatic rings. The van der Waals surface area contributed by atoms with Crippen LogP contribution in [-0.2, 0) is 5.41 Å². The van der Waals surface area contributed by atoms with Gasteiger partial charge in [-0.2, -0.15) is 0 Å². The van der Waals surface area contributed by atoms with Crippen molar-refractivity contribution in [2.45, 2.75) is 266 Å². The van der Waals surface area contributed by atoms with Crippen LogP contribution in [0.2, 0.25) is 0 Å². The summed E-state index contributed by atoms with van der Waals surface area (Å²) in [5.74, 6) is 7.70. The van der Waals surface area contributed by atoms with Crippen molar-refractivity contribution in [1.29, 1.82) is 0 Å². The van der Waals surface area contributed by atoms with Crippen LogP contribution in [0.1, 0.15) is 305 Å². The van der Waals surface area contributed by atoms with Crippen LogP contribution in [0, 0.1) is 0 Å². The van der Waals surface area contributed by atoms with Crippen molar-refractivity contribution >= 4 is 11.4 Å². The fourth-order valence-electron chi connectivity index (χ4n) is 16.5. The summed E-state index contributed by atoms with van der Waals surface area (Å²) >= 11 is 0. The van der Waals surface area contributed by atoms with E-state index in [9.17, 15) is 0 Å². The molecule has 7 aliphatic carbocycles. The zero-order valence-corrected chi connectivity index (χ0v) is 43.5. The maximum Gasteiger partial charge on any atom is 0.131 e. The van der Waals surface area contributed by atoms with Crippen molar-refractivity contribution in [2.75, 3.05) is 11.5 Å². The number of anilines is 2. The average molecular weight is 943 g/mol.